The maximum Gasteiger partial charge on any atom is 0.143 e. The fourth-order valence-electron chi connectivity index (χ4n) is 9.08. The molecule has 0 aliphatic heterocycles. The fourth-order valence-corrected chi connectivity index (χ4v) is 12.2. The first-order valence-electron chi connectivity index (χ1n) is 28.1. The molecule has 0 aromatic rings. The standard InChI is InChI=1S/C54H103O2.C4H9.Zr/c1-6-7-8-9-10-11-12-13-14-15-22-27-32-37-42-47-52(53(55)48-43-38-33-28-23-18-16-20-25-30-35-40-45-50(2)3)54(56)49-44-39-34-29-24-19-17-21-26-31-36-41-46-51(4)5;1-4(2)3;/h13-14,50-52H,1,6-12,15-49H2,2-5H3;4H,1H2,2-3H3;/b14-13-;;. The molecule has 0 unspecified atom stereocenters. The molecular weight excluding hydrogens is 820 g/mol. The Morgan fingerprint density at radius 2 is 0.607 bits per heavy atom. The minimum Gasteiger partial charge on any atom is -0.299 e. The first kappa shape index (κ1) is 61.0. The summed E-state index contributed by atoms with van der Waals surface area (Å²) in [6, 6.07) is 0. The van der Waals surface area contributed by atoms with E-state index in [-0.39, 0.29) is 40.7 Å². The van der Waals surface area contributed by atoms with E-state index in [1.807, 2.05) is 0 Å². The third-order valence-corrected chi connectivity index (χ3v) is 17.7. The van der Waals surface area contributed by atoms with Gasteiger partial charge in [-0.05, 0) is 31.1 Å². The summed E-state index contributed by atoms with van der Waals surface area (Å²) in [4.78, 5) is 27.0. The zero-order chi connectivity index (χ0) is 44.7. The molecular formula is C58H112O2Zr. The van der Waals surface area contributed by atoms with Gasteiger partial charge in [0.05, 0.1) is 5.92 Å². The van der Waals surface area contributed by atoms with Gasteiger partial charge in [-0.2, -0.15) is 0 Å². The van der Waals surface area contributed by atoms with Gasteiger partial charge in [-0.25, -0.2) is 0 Å². The van der Waals surface area contributed by atoms with Gasteiger partial charge in [-0.3, -0.25) is 9.59 Å². The van der Waals surface area contributed by atoms with Gasteiger partial charge in [-0.1, -0.05) is 207 Å². The van der Waals surface area contributed by atoms with Crippen LogP contribution in [0.3, 0.4) is 0 Å². The van der Waals surface area contributed by atoms with E-state index in [1.54, 1.807) is 8.26 Å². The van der Waals surface area contributed by atoms with Gasteiger partial charge in [-0.15, -0.1) is 0 Å². The summed E-state index contributed by atoms with van der Waals surface area (Å²) >= 11 is -0.0305. The van der Waals surface area contributed by atoms with Crippen molar-refractivity contribution in [2.45, 2.75) is 319 Å². The van der Waals surface area contributed by atoms with Crippen LogP contribution in [-0.4, -0.2) is 11.6 Å². The van der Waals surface area contributed by atoms with Crippen molar-refractivity contribution in [1.82, 2.24) is 0 Å². The Hall–Kier alpha value is -0.0369. The van der Waals surface area contributed by atoms with Crippen molar-refractivity contribution < 1.29 is 32.8 Å². The number of hydrogen-bond acceptors (Lipinski definition) is 2. The summed E-state index contributed by atoms with van der Waals surface area (Å²) in [6.07, 6.45) is 58.4. The Morgan fingerprint density at radius 3 is 0.934 bits per heavy atom. The molecule has 0 amide bonds. The maximum absolute atomic E-state index is 13.5. The third-order valence-electron chi connectivity index (χ3n) is 13.2. The van der Waals surface area contributed by atoms with Crippen molar-refractivity contribution in [3.8, 4) is 0 Å². The van der Waals surface area contributed by atoms with Crippen LogP contribution in [0.1, 0.15) is 311 Å². The van der Waals surface area contributed by atoms with Crippen LogP contribution in [-0.2, 0) is 32.8 Å². The summed E-state index contributed by atoms with van der Waals surface area (Å²) in [7, 11) is 0. The molecule has 0 atom stereocenters. The number of unbranched alkanes of at least 4 members (excludes halogenated alkanes) is 33. The predicted octanol–water partition coefficient (Wildman–Crippen LogP) is 20.6. The second-order valence-corrected chi connectivity index (χ2v) is 24.6. The van der Waals surface area contributed by atoms with Crippen molar-refractivity contribution >= 4 is 11.6 Å². The number of hydrogen-bond donors (Lipinski definition) is 0. The molecule has 2 nitrogen and oxygen atoms in total. The van der Waals surface area contributed by atoms with Crippen molar-refractivity contribution in [2.75, 3.05) is 0 Å². The molecule has 0 rings (SSSR count). The van der Waals surface area contributed by atoms with Crippen LogP contribution in [0.2, 0.25) is 8.26 Å². The topological polar surface area (TPSA) is 34.1 Å². The van der Waals surface area contributed by atoms with Gasteiger partial charge < -0.3 is 0 Å². The summed E-state index contributed by atoms with van der Waals surface area (Å²) in [5, 5.41) is 0. The monoisotopic (exact) mass is 931 g/mol. The summed E-state index contributed by atoms with van der Waals surface area (Å²) in [5.74, 6) is 2.86. The largest absolute Gasteiger partial charge is 0.299 e. The average molecular weight is 933 g/mol. The number of Topliss-reactive ketones (excluding diaryl/α,β-unsaturated/α-hetero) is 2. The van der Waals surface area contributed by atoms with E-state index in [1.165, 1.54) is 212 Å². The Balaban J connectivity index is 4.25. The number of rotatable bonds is 51. The van der Waals surface area contributed by atoms with Crippen molar-refractivity contribution in [1.29, 1.82) is 0 Å². The number of carbonyl (C=O) groups is 2. The SMILES string of the molecule is CC(C)CCCCCCCCCCCCCCC(=O)C(CCCCCCC/C=C\CCCCCCC[CH2][Zr][CH2]C(C)C)C(=O)CCCCCCCCCCCCCCC(C)C. The van der Waals surface area contributed by atoms with Gasteiger partial charge >= 0.3 is 121 Å². The summed E-state index contributed by atoms with van der Waals surface area (Å²) in [5.41, 5.74) is 0. The molecule has 0 N–H and O–H groups in total. The maximum atomic E-state index is 13.5. The van der Waals surface area contributed by atoms with Crippen LogP contribution in [0, 0.1) is 23.7 Å². The number of carbonyl (C=O) groups excluding carboxylic acids is 2. The zero-order valence-electron chi connectivity index (χ0n) is 42.9. The van der Waals surface area contributed by atoms with Crippen LogP contribution in [0.4, 0.5) is 0 Å². The Kier molecular flexibility index (Phi) is 49.4. The normalized spacial score (nSPS) is 12.0. The number of allylic oxidation sites excluding steroid dienone is 2. The second kappa shape index (κ2) is 49.4. The molecule has 3 heteroatoms. The van der Waals surface area contributed by atoms with E-state index in [4.69, 9.17) is 0 Å². The molecule has 0 radical (unpaired) electrons. The molecule has 0 fully saturated rings. The van der Waals surface area contributed by atoms with Gasteiger partial charge in [0.1, 0.15) is 11.6 Å². The molecule has 0 aromatic heterocycles. The molecule has 0 spiro atoms. The predicted molar refractivity (Wildman–Crippen MR) is 271 cm³/mol. The summed E-state index contributed by atoms with van der Waals surface area (Å²) in [6.45, 7) is 14.1. The molecule has 360 valence electrons. The molecule has 0 saturated heterocycles. The zero-order valence-corrected chi connectivity index (χ0v) is 45.4. The van der Waals surface area contributed by atoms with Crippen LogP contribution in [0.15, 0.2) is 12.2 Å². The molecule has 0 aromatic carbocycles. The molecule has 61 heavy (non-hydrogen) atoms. The molecule has 0 saturated carbocycles. The van der Waals surface area contributed by atoms with Gasteiger partial charge in [0, 0.05) is 12.8 Å². The van der Waals surface area contributed by atoms with Crippen LogP contribution in [0.25, 0.3) is 0 Å². The van der Waals surface area contributed by atoms with Crippen molar-refractivity contribution in [3.05, 3.63) is 12.2 Å². The van der Waals surface area contributed by atoms with E-state index < -0.39 is 0 Å². The van der Waals surface area contributed by atoms with Crippen LogP contribution in [0.5, 0.6) is 0 Å². The second-order valence-electron chi connectivity index (χ2n) is 21.2. The quantitative estimate of drug-likeness (QED) is 0.0346. The van der Waals surface area contributed by atoms with Crippen molar-refractivity contribution in [2.24, 2.45) is 23.7 Å². The van der Waals surface area contributed by atoms with E-state index >= 15 is 0 Å². The van der Waals surface area contributed by atoms with Crippen LogP contribution >= 0.6 is 0 Å². The summed E-state index contributed by atoms with van der Waals surface area (Å²) < 4.78 is 3.17. The van der Waals surface area contributed by atoms with Gasteiger partial charge in [0.15, 0.2) is 0 Å². The third kappa shape index (κ3) is 49.2. The molecule has 0 heterocycles. The van der Waals surface area contributed by atoms with E-state index in [0.717, 1.165) is 62.7 Å². The Morgan fingerprint density at radius 1 is 0.328 bits per heavy atom. The fraction of sp³-hybridized carbons (Fsp3) is 0.931. The van der Waals surface area contributed by atoms with E-state index in [9.17, 15) is 9.59 Å². The molecule has 0 aliphatic rings. The first-order chi connectivity index (χ1) is 29.7. The number of ketones is 2. The van der Waals surface area contributed by atoms with Gasteiger partial charge in [0.2, 0.25) is 0 Å². The smallest absolute Gasteiger partial charge is 0.143 e. The average Bonchev–Trinajstić information content (AvgIpc) is 3.22. The minimum absolute atomic E-state index is 0.0305. The Labute approximate surface area is 397 Å². The minimum atomic E-state index is -0.324. The first-order valence-corrected chi connectivity index (χ1v) is 31.6. The van der Waals surface area contributed by atoms with E-state index in [2.05, 4.69) is 53.7 Å². The molecule has 0 aliphatic carbocycles. The Bertz CT molecular complexity index is 873. The molecule has 0 bridgehead atoms. The van der Waals surface area contributed by atoms with Crippen molar-refractivity contribution in [3.63, 3.8) is 0 Å². The van der Waals surface area contributed by atoms with E-state index in [0.29, 0.717) is 12.8 Å². The van der Waals surface area contributed by atoms with Gasteiger partial charge in [0.25, 0.3) is 0 Å². The van der Waals surface area contributed by atoms with Crippen LogP contribution < -0.4 is 0 Å².